The van der Waals surface area contributed by atoms with Crippen LogP contribution in [0.2, 0.25) is 0 Å². The first-order valence-electron chi connectivity index (χ1n) is 22.7. The predicted molar refractivity (Wildman–Crippen MR) is 240 cm³/mol. The van der Waals surface area contributed by atoms with Crippen LogP contribution in [-0.4, -0.2) is 60.5 Å². The average molecular weight is 799 g/mol. The third-order valence-electron chi connectivity index (χ3n) is 13.6. The molecule has 2 aliphatic carbocycles. The van der Waals surface area contributed by atoms with E-state index in [4.69, 9.17) is 32.8 Å². The van der Waals surface area contributed by atoms with Crippen molar-refractivity contribution in [1.29, 1.82) is 0 Å². The monoisotopic (exact) mass is 798 g/mol. The van der Waals surface area contributed by atoms with Crippen LogP contribution in [0.4, 0.5) is 0 Å². The molecule has 0 radical (unpaired) electrons. The van der Waals surface area contributed by atoms with E-state index >= 15 is 0 Å². The molecule has 0 amide bonds. The largest absolute Gasteiger partial charge is 0.494 e. The highest BCUT2D eigenvalue weighted by atomic mass is 16.6. The van der Waals surface area contributed by atoms with Crippen molar-refractivity contribution in [1.82, 2.24) is 0 Å². The van der Waals surface area contributed by atoms with Crippen LogP contribution in [0, 0.1) is 23.7 Å². The summed E-state index contributed by atoms with van der Waals surface area (Å²) in [6.07, 6.45) is 6.30. The van der Waals surface area contributed by atoms with Crippen molar-refractivity contribution in [3.8, 4) is 39.5 Å². The zero-order valence-electron chi connectivity index (χ0n) is 36.8. The summed E-state index contributed by atoms with van der Waals surface area (Å²) in [7, 11) is -0.823. The quantitative estimate of drug-likeness (QED) is 0.0803. The second kappa shape index (κ2) is 18.1. The Morgan fingerprint density at radius 2 is 0.898 bits per heavy atom. The molecule has 7 nitrogen and oxygen atoms in total. The maximum atomic E-state index is 6.86. The molecule has 4 aromatic carbocycles. The predicted octanol–water partition coefficient (Wildman–Crippen LogP) is 9.77. The second-order valence-electron chi connectivity index (χ2n) is 17.9. The molecule has 2 aliphatic heterocycles. The number of hydrogen-bond donors (Lipinski definition) is 0. The van der Waals surface area contributed by atoms with Crippen LogP contribution in [0.5, 0.6) is 17.2 Å². The Morgan fingerprint density at radius 3 is 1.37 bits per heavy atom. The van der Waals surface area contributed by atoms with Crippen molar-refractivity contribution in [3.63, 3.8) is 0 Å². The van der Waals surface area contributed by atoms with E-state index < -0.39 is 19.7 Å². The van der Waals surface area contributed by atoms with E-state index in [2.05, 4.69) is 116 Å². The molecule has 4 unspecified atom stereocenters. The van der Waals surface area contributed by atoms with E-state index in [9.17, 15) is 0 Å². The highest BCUT2D eigenvalue weighted by Crippen LogP contribution is 2.64. The highest BCUT2D eigenvalue weighted by molar-refractivity contribution is 6.62. The molecule has 59 heavy (non-hydrogen) atoms. The lowest BCUT2D eigenvalue weighted by Gasteiger charge is -2.32. The maximum absolute atomic E-state index is 6.86. The standard InChI is InChI=1S/C50H64B2O7/c1-9-32(5)13-14-36-23-43-41(26-47(36)53-29-33(6)10-2)42-27-48(54-30-34(7)11-3)49(55-31-35(8)12-4)28-46(42)50(43)44-24-37(51-56-19-20-57-51)15-17-39(44)40-18-16-38(25-45(40)50)52-58-21-22-59-52/h15-18,23-28,32-35H,9-14,19-22,29-31H2,1-8H3. The summed E-state index contributed by atoms with van der Waals surface area (Å²) in [5.41, 5.74) is 12.2. The molecule has 1 spiro atoms. The molecule has 4 aromatic rings. The van der Waals surface area contributed by atoms with Gasteiger partial charge in [-0.3, -0.25) is 0 Å². The molecule has 2 fully saturated rings. The third kappa shape index (κ3) is 7.98. The lowest BCUT2D eigenvalue weighted by molar-refractivity contribution is 0.217. The third-order valence-corrected chi connectivity index (χ3v) is 13.6. The van der Waals surface area contributed by atoms with E-state index in [-0.39, 0.29) is 0 Å². The van der Waals surface area contributed by atoms with Gasteiger partial charge in [-0.05, 0) is 122 Å². The number of benzene rings is 4. The van der Waals surface area contributed by atoms with Gasteiger partial charge >= 0.3 is 14.2 Å². The van der Waals surface area contributed by atoms with Gasteiger partial charge in [0, 0.05) is 0 Å². The highest BCUT2D eigenvalue weighted by Gasteiger charge is 2.54. The maximum Gasteiger partial charge on any atom is 0.494 e. The van der Waals surface area contributed by atoms with Crippen molar-refractivity contribution in [2.45, 2.75) is 99.3 Å². The Balaban J connectivity index is 1.43. The molecule has 0 aromatic heterocycles. The Labute approximate surface area is 354 Å². The number of rotatable bonds is 18. The summed E-state index contributed by atoms with van der Waals surface area (Å²) in [6.45, 7) is 22.3. The minimum atomic E-state index is -0.692. The van der Waals surface area contributed by atoms with Gasteiger partial charge in [-0.2, -0.15) is 0 Å². The molecule has 9 heteroatoms. The molecule has 312 valence electrons. The van der Waals surface area contributed by atoms with Crippen molar-refractivity contribution < 1.29 is 32.8 Å². The van der Waals surface area contributed by atoms with E-state index in [0.717, 1.165) is 72.3 Å². The van der Waals surface area contributed by atoms with E-state index in [0.29, 0.717) is 69.9 Å². The first kappa shape index (κ1) is 42.0. The number of aryl methyl sites for hydroxylation is 1. The Bertz CT molecular complexity index is 1960. The second-order valence-corrected chi connectivity index (χ2v) is 17.9. The summed E-state index contributed by atoms with van der Waals surface area (Å²) in [6, 6.07) is 23.1. The van der Waals surface area contributed by atoms with Gasteiger partial charge < -0.3 is 32.8 Å². The Hall–Kier alpha value is -3.75. The number of fused-ring (bicyclic) bond motifs is 10. The van der Waals surface area contributed by atoms with Crippen LogP contribution in [0.15, 0.2) is 60.7 Å². The zero-order valence-corrected chi connectivity index (χ0v) is 36.8. The molecule has 0 saturated carbocycles. The molecule has 4 aliphatic rings. The van der Waals surface area contributed by atoms with Crippen LogP contribution in [0.1, 0.15) is 115 Å². The molecular weight excluding hydrogens is 734 g/mol. The Morgan fingerprint density at radius 1 is 0.492 bits per heavy atom. The number of ether oxygens (including phenoxy) is 3. The molecule has 0 bridgehead atoms. The van der Waals surface area contributed by atoms with Crippen LogP contribution in [0.3, 0.4) is 0 Å². The van der Waals surface area contributed by atoms with Crippen molar-refractivity contribution in [2.24, 2.45) is 23.7 Å². The lowest BCUT2D eigenvalue weighted by atomic mass is 9.67. The van der Waals surface area contributed by atoms with Gasteiger partial charge in [-0.1, -0.05) is 117 Å². The van der Waals surface area contributed by atoms with Crippen LogP contribution in [0.25, 0.3) is 22.3 Å². The fourth-order valence-electron chi connectivity index (χ4n) is 8.94. The van der Waals surface area contributed by atoms with Crippen molar-refractivity contribution >= 4 is 25.2 Å². The fraction of sp³-hybridized carbons (Fsp3) is 0.520. The van der Waals surface area contributed by atoms with Gasteiger partial charge in [0.05, 0.1) is 51.7 Å². The van der Waals surface area contributed by atoms with Gasteiger partial charge in [0.25, 0.3) is 0 Å². The van der Waals surface area contributed by atoms with Crippen LogP contribution >= 0.6 is 0 Å². The normalized spacial score (nSPS) is 18.0. The summed E-state index contributed by atoms with van der Waals surface area (Å²) in [4.78, 5) is 0. The van der Waals surface area contributed by atoms with Crippen LogP contribution in [-0.2, 0) is 30.5 Å². The van der Waals surface area contributed by atoms with Crippen LogP contribution < -0.4 is 25.1 Å². The molecule has 0 N–H and O–H groups in total. The molecular formula is C50H64B2O7. The summed E-state index contributed by atoms with van der Waals surface area (Å²) >= 11 is 0. The van der Waals surface area contributed by atoms with Crippen molar-refractivity contribution in [3.05, 3.63) is 88.5 Å². The minimum Gasteiger partial charge on any atom is -0.493 e. The first-order chi connectivity index (χ1) is 28.7. The minimum absolute atomic E-state index is 0.394. The summed E-state index contributed by atoms with van der Waals surface area (Å²) < 4.78 is 45.1. The van der Waals surface area contributed by atoms with Gasteiger partial charge in [0.1, 0.15) is 5.75 Å². The average Bonchev–Trinajstić information content (AvgIpc) is 4.10. The van der Waals surface area contributed by atoms with Gasteiger partial charge in [-0.25, -0.2) is 0 Å². The SMILES string of the molecule is CCC(C)CCc1cc2c(cc1OCC(C)CC)-c1cc(OCC(C)CC)c(OCC(C)CC)cc1C21c2cc(B3OCCO3)ccc2-c2ccc(B3OCCO3)cc21. The zero-order chi connectivity index (χ0) is 41.3. The van der Waals surface area contributed by atoms with Gasteiger partial charge in [-0.15, -0.1) is 0 Å². The summed E-state index contributed by atoms with van der Waals surface area (Å²) in [5, 5.41) is 0. The molecule has 2 heterocycles. The number of hydrogen-bond acceptors (Lipinski definition) is 7. The van der Waals surface area contributed by atoms with E-state index in [1.807, 2.05) is 0 Å². The topological polar surface area (TPSA) is 64.6 Å². The van der Waals surface area contributed by atoms with Gasteiger partial charge in [0.2, 0.25) is 0 Å². The Kier molecular flexibility index (Phi) is 12.9. The first-order valence-corrected chi connectivity index (χ1v) is 22.7. The van der Waals surface area contributed by atoms with Gasteiger partial charge in [0.15, 0.2) is 11.5 Å². The fourth-order valence-corrected chi connectivity index (χ4v) is 8.94. The van der Waals surface area contributed by atoms with Crippen molar-refractivity contribution in [2.75, 3.05) is 46.2 Å². The molecule has 8 rings (SSSR count). The molecule has 2 saturated heterocycles. The molecule has 4 atom stereocenters. The lowest BCUT2D eigenvalue weighted by Crippen LogP contribution is -2.35. The van der Waals surface area contributed by atoms with E-state index in [1.165, 1.54) is 44.5 Å². The van der Waals surface area contributed by atoms with E-state index in [1.54, 1.807) is 0 Å². The smallest absolute Gasteiger partial charge is 0.493 e. The summed E-state index contributed by atoms with van der Waals surface area (Å²) in [5.74, 6) is 4.41.